The predicted octanol–water partition coefficient (Wildman–Crippen LogP) is 2.46. The second-order valence-electron chi connectivity index (χ2n) is 6.33. The van der Waals surface area contributed by atoms with E-state index in [4.69, 9.17) is 0 Å². The lowest BCUT2D eigenvalue weighted by Crippen LogP contribution is -2.56. The molecule has 0 radical (unpaired) electrons. The Bertz CT molecular complexity index is 369. The van der Waals surface area contributed by atoms with Gasteiger partial charge < -0.3 is 5.32 Å². The summed E-state index contributed by atoms with van der Waals surface area (Å²) in [4.78, 5) is 6.79. The Hall–Kier alpha value is -0.930. The molecule has 0 aromatic carbocycles. The Balaban J connectivity index is 2.05. The summed E-state index contributed by atoms with van der Waals surface area (Å²) in [5, 5.41) is 3.64. The van der Waals surface area contributed by atoms with Crippen LogP contribution in [0.2, 0.25) is 0 Å². The van der Waals surface area contributed by atoms with E-state index in [-0.39, 0.29) is 0 Å². The lowest BCUT2D eigenvalue weighted by molar-refractivity contribution is 0.104. The van der Waals surface area contributed by atoms with E-state index in [0.29, 0.717) is 17.5 Å². The first kappa shape index (κ1) is 13.5. The molecule has 0 aliphatic carbocycles. The van der Waals surface area contributed by atoms with Crippen molar-refractivity contribution in [2.75, 3.05) is 19.6 Å². The molecule has 1 fully saturated rings. The van der Waals surface area contributed by atoms with Gasteiger partial charge in [-0.1, -0.05) is 26.8 Å². The van der Waals surface area contributed by atoms with Gasteiger partial charge in [0.25, 0.3) is 0 Å². The van der Waals surface area contributed by atoms with Crippen molar-refractivity contribution in [3.63, 3.8) is 0 Å². The maximum Gasteiger partial charge on any atom is 0.0336 e. The largest absolute Gasteiger partial charge is 0.311 e. The van der Waals surface area contributed by atoms with E-state index >= 15 is 0 Å². The molecule has 2 heterocycles. The average Bonchev–Trinajstić information content (AvgIpc) is 2.38. The highest BCUT2D eigenvalue weighted by atomic mass is 15.2. The number of piperazine rings is 1. The topological polar surface area (TPSA) is 28.2 Å². The second kappa shape index (κ2) is 5.37. The van der Waals surface area contributed by atoms with Gasteiger partial charge in [-0.3, -0.25) is 9.88 Å². The average molecular weight is 247 g/mol. The van der Waals surface area contributed by atoms with Gasteiger partial charge in [-0.15, -0.1) is 0 Å². The van der Waals surface area contributed by atoms with Crippen LogP contribution in [0.15, 0.2) is 24.5 Å². The molecule has 1 saturated heterocycles. The molecule has 0 amide bonds. The molecule has 0 bridgehead atoms. The minimum atomic E-state index is 0.313. The van der Waals surface area contributed by atoms with Crippen molar-refractivity contribution >= 4 is 0 Å². The van der Waals surface area contributed by atoms with Crippen LogP contribution in [-0.2, 0) is 0 Å². The summed E-state index contributed by atoms with van der Waals surface area (Å²) in [5.74, 6) is 0. The molecule has 3 nitrogen and oxygen atoms in total. The molecule has 1 aliphatic heterocycles. The van der Waals surface area contributed by atoms with Crippen LogP contribution >= 0.6 is 0 Å². The van der Waals surface area contributed by atoms with Gasteiger partial charge in [0.15, 0.2) is 0 Å². The van der Waals surface area contributed by atoms with E-state index in [0.717, 1.165) is 19.6 Å². The Morgan fingerprint density at radius 3 is 2.83 bits per heavy atom. The molecule has 2 unspecified atom stereocenters. The Labute approximate surface area is 111 Å². The van der Waals surface area contributed by atoms with Crippen molar-refractivity contribution in [3.8, 4) is 0 Å². The smallest absolute Gasteiger partial charge is 0.0336 e. The number of nitrogens with zero attached hydrogens (tertiary/aromatic N) is 2. The van der Waals surface area contributed by atoms with Gasteiger partial charge in [0, 0.05) is 44.1 Å². The number of hydrogen-bond acceptors (Lipinski definition) is 3. The van der Waals surface area contributed by atoms with Crippen LogP contribution in [0.5, 0.6) is 0 Å². The molecule has 1 aromatic rings. The monoisotopic (exact) mass is 247 g/mol. The molecular formula is C15H25N3. The van der Waals surface area contributed by atoms with Crippen molar-refractivity contribution in [1.29, 1.82) is 0 Å². The maximum absolute atomic E-state index is 4.23. The van der Waals surface area contributed by atoms with E-state index < -0.39 is 0 Å². The van der Waals surface area contributed by atoms with Crippen LogP contribution in [0.1, 0.15) is 39.3 Å². The van der Waals surface area contributed by atoms with Crippen molar-refractivity contribution in [1.82, 2.24) is 15.2 Å². The Morgan fingerprint density at radius 2 is 2.22 bits per heavy atom. The maximum atomic E-state index is 4.23. The summed E-state index contributed by atoms with van der Waals surface area (Å²) < 4.78 is 0. The molecule has 1 aromatic heterocycles. The van der Waals surface area contributed by atoms with Crippen LogP contribution in [0, 0.1) is 5.41 Å². The first-order valence-electron chi connectivity index (χ1n) is 6.86. The quantitative estimate of drug-likeness (QED) is 0.870. The number of hydrogen-bond donors (Lipinski definition) is 1. The third-order valence-electron chi connectivity index (χ3n) is 3.97. The molecule has 1 aliphatic rings. The van der Waals surface area contributed by atoms with E-state index in [1.807, 2.05) is 18.5 Å². The summed E-state index contributed by atoms with van der Waals surface area (Å²) in [6.45, 7) is 12.5. The summed E-state index contributed by atoms with van der Waals surface area (Å²) in [6.07, 6.45) is 3.82. The molecule has 0 spiro atoms. The van der Waals surface area contributed by atoms with Crippen molar-refractivity contribution < 1.29 is 0 Å². The number of rotatable bonds is 2. The Kier molecular flexibility index (Phi) is 4.03. The molecule has 2 rings (SSSR count). The number of nitrogens with one attached hydrogen (secondary N) is 1. The van der Waals surface area contributed by atoms with Gasteiger partial charge in [-0.2, -0.15) is 0 Å². The highest BCUT2D eigenvalue weighted by molar-refractivity contribution is 5.13. The van der Waals surface area contributed by atoms with Crippen molar-refractivity contribution in [2.24, 2.45) is 5.41 Å². The fraction of sp³-hybridized carbons (Fsp3) is 0.667. The lowest BCUT2D eigenvalue weighted by atomic mass is 9.85. The van der Waals surface area contributed by atoms with E-state index in [1.54, 1.807) is 0 Å². The number of aromatic nitrogens is 1. The zero-order valence-corrected chi connectivity index (χ0v) is 12.0. The van der Waals surface area contributed by atoms with Gasteiger partial charge in [-0.05, 0) is 24.0 Å². The summed E-state index contributed by atoms with van der Waals surface area (Å²) in [7, 11) is 0. The van der Waals surface area contributed by atoms with Crippen molar-refractivity contribution in [2.45, 2.75) is 39.8 Å². The third-order valence-corrected chi connectivity index (χ3v) is 3.97. The fourth-order valence-electron chi connectivity index (χ4n) is 2.54. The minimum absolute atomic E-state index is 0.313. The first-order chi connectivity index (χ1) is 8.48. The zero-order chi connectivity index (χ0) is 13.2. The third kappa shape index (κ3) is 3.09. The minimum Gasteiger partial charge on any atom is -0.311 e. The molecule has 18 heavy (non-hydrogen) atoms. The Morgan fingerprint density at radius 1 is 1.44 bits per heavy atom. The number of pyridine rings is 1. The molecule has 3 heteroatoms. The molecule has 2 atom stereocenters. The molecule has 100 valence electrons. The van der Waals surface area contributed by atoms with Crippen molar-refractivity contribution in [3.05, 3.63) is 30.1 Å². The van der Waals surface area contributed by atoms with Crippen LogP contribution < -0.4 is 5.32 Å². The van der Waals surface area contributed by atoms with Crippen LogP contribution in [0.25, 0.3) is 0 Å². The molecular weight excluding hydrogens is 222 g/mol. The SMILES string of the molecule is CC(c1cccnc1)N1CCNC(C(C)(C)C)C1. The lowest BCUT2D eigenvalue weighted by Gasteiger charge is -2.42. The van der Waals surface area contributed by atoms with Gasteiger partial charge in [0.05, 0.1) is 0 Å². The van der Waals surface area contributed by atoms with E-state index in [1.165, 1.54) is 5.56 Å². The van der Waals surface area contributed by atoms with Crippen LogP contribution in [0.4, 0.5) is 0 Å². The van der Waals surface area contributed by atoms with Gasteiger partial charge in [0.2, 0.25) is 0 Å². The highest BCUT2D eigenvalue weighted by Crippen LogP contribution is 2.26. The first-order valence-corrected chi connectivity index (χ1v) is 6.86. The van der Waals surface area contributed by atoms with Gasteiger partial charge in [-0.25, -0.2) is 0 Å². The van der Waals surface area contributed by atoms with Gasteiger partial charge >= 0.3 is 0 Å². The second-order valence-corrected chi connectivity index (χ2v) is 6.33. The van der Waals surface area contributed by atoms with E-state index in [2.05, 4.69) is 49.0 Å². The zero-order valence-electron chi connectivity index (χ0n) is 12.0. The fourth-order valence-corrected chi connectivity index (χ4v) is 2.54. The van der Waals surface area contributed by atoms with E-state index in [9.17, 15) is 0 Å². The van der Waals surface area contributed by atoms with Crippen LogP contribution in [0.3, 0.4) is 0 Å². The van der Waals surface area contributed by atoms with Gasteiger partial charge in [0.1, 0.15) is 0 Å². The standard InChI is InChI=1S/C15H25N3/c1-12(13-6-5-7-16-10-13)18-9-8-17-14(11-18)15(2,3)4/h5-7,10,12,14,17H,8-9,11H2,1-4H3. The highest BCUT2D eigenvalue weighted by Gasteiger charge is 2.31. The van der Waals surface area contributed by atoms with Crippen LogP contribution in [-0.4, -0.2) is 35.6 Å². The summed E-state index contributed by atoms with van der Waals surface area (Å²) >= 11 is 0. The summed E-state index contributed by atoms with van der Waals surface area (Å²) in [6, 6.07) is 5.21. The predicted molar refractivity (Wildman–Crippen MR) is 75.5 cm³/mol. The normalized spacial score (nSPS) is 23.9. The summed E-state index contributed by atoms with van der Waals surface area (Å²) in [5.41, 5.74) is 1.62. The molecule has 1 N–H and O–H groups in total. The molecule has 0 saturated carbocycles.